The average molecular weight is 233 g/mol. The number of carbonyl (C=O) groups is 1. The van der Waals surface area contributed by atoms with Gasteiger partial charge in [0.25, 0.3) is 0 Å². The Morgan fingerprint density at radius 2 is 1.94 bits per heavy atom. The molecule has 0 saturated carbocycles. The first-order valence-corrected chi connectivity index (χ1v) is 5.64. The van der Waals surface area contributed by atoms with Gasteiger partial charge in [0.15, 0.2) is 0 Å². The van der Waals surface area contributed by atoms with Crippen molar-refractivity contribution in [2.75, 3.05) is 31.1 Å². The molecule has 90 valence electrons. The molecule has 1 heterocycles. The lowest BCUT2D eigenvalue weighted by Crippen LogP contribution is -2.48. The van der Waals surface area contributed by atoms with E-state index in [9.17, 15) is 9.70 Å². The first-order chi connectivity index (χ1) is 8.20. The van der Waals surface area contributed by atoms with Crippen LogP contribution in [0.5, 0.6) is 0 Å². The van der Waals surface area contributed by atoms with Gasteiger partial charge in [0, 0.05) is 38.8 Å². The summed E-state index contributed by atoms with van der Waals surface area (Å²) in [4.78, 5) is 25.6. The predicted molar refractivity (Wildman–Crippen MR) is 66.4 cm³/mol. The summed E-state index contributed by atoms with van der Waals surface area (Å²) in [5.41, 5.74) is 1.43. The van der Waals surface area contributed by atoms with E-state index in [1.807, 2.05) is 17.0 Å². The highest BCUT2D eigenvalue weighted by Gasteiger charge is 2.18. The molecular weight excluding hydrogens is 218 g/mol. The van der Waals surface area contributed by atoms with E-state index < -0.39 is 0 Å². The lowest BCUT2D eigenvalue weighted by atomic mass is 10.2. The van der Waals surface area contributed by atoms with Crippen molar-refractivity contribution in [2.24, 2.45) is 5.18 Å². The number of rotatable bonds is 2. The zero-order valence-corrected chi connectivity index (χ0v) is 9.80. The van der Waals surface area contributed by atoms with Crippen LogP contribution >= 0.6 is 0 Å². The largest absolute Gasteiger partial charge is 0.368 e. The van der Waals surface area contributed by atoms with Gasteiger partial charge in [-0.15, -0.1) is 4.91 Å². The van der Waals surface area contributed by atoms with Gasteiger partial charge in [-0.2, -0.15) is 0 Å². The smallest absolute Gasteiger partial charge is 0.219 e. The van der Waals surface area contributed by atoms with Crippen LogP contribution in [-0.4, -0.2) is 37.0 Å². The molecule has 17 heavy (non-hydrogen) atoms. The number of nitrogens with zero attached hydrogens (tertiary/aromatic N) is 3. The molecule has 0 N–H and O–H groups in total. The molecule has 0 aliphatic carbocycles. The second-order valence-corrected chi connectivity index (χ2v) is 4.10. The number of nitroso groups, excluding NO2 is 1. The van der Waals surface area contributed by atoms with Gasteiger partial charge in [-0.1, -0.05) is 6.07 Å². The molecule has 1 fully saturated rings. The molecule has 1 aliphatic heterocycles. The molecule has 1 aliphatic rings. The summed E-state index contributed by atoms with van der Waals surface area (Å²) >= 11 is 0. The topological polar surface area (TPSA) is 53.0 Å². The van der Waals surface area contributed by atoms with Gasteiger partial charge < -0.3 is 9.80 Å². The predicted octanol–water partition coefficient (Wildman–Crippen LogP) is 1.75. The van der Waals surface area contributed by atoms with Crippen LogP contribution in [0.4, 0.5) is 11.4 Å². The Labute approximate surface area is 100.0 Å². The van der Waals surface area contributed by atoms with Gasteiger partial charge in [0.2, 0.25) is 5.91 Å². The standard InChI is InChI=1S/C12H15N3O2/c1-10(16)14-5-7-15(8-6-14)12-4-2-3-11(9-12)13-17/h2-4,9H,5-8H2,1H3. The minimum absolute atomic E-state index is 0.118. The fourth-order valence-electron chi connectivity index (χ4n) is 2.03. The third-order valence-corrected chi connectivity index (χ3v) is 3.03. The Morgan fingerprint density at radius 1 is 1.24 bits per heavy atom. The van der Waals surface area contributed by atoms with E-state index in [2.05, 4.69) is 10.1 Å². The number of piperazine rings is 1. The molecule has 0 atom stereocenters. The fourth-order valence-corrected chi connectivity index (χ4v) is 2.03. The van der Waals surface area contributed by atoms with Crippen molar-refractivity contribution in [1.29, 1.82) is 0 Å². The highest BCUT2D eigenvalue weighted by Crippen LogP contribution is 2.22. The molecule has 5 nitrogen and oxygen atoms in total. The van der Waals surface area contributed by atoms with Crippen molar-refractivity contribution in [3.05, 3.63) is 29.2 Å². The Morgan fingerprint density at radius 3 is 2.53 bits per heavy atom. The number of carbonyl (C=O) groups excluding carboxylic acids is 1. The lowest BCUT2D eigenvalue weighted by Gasteiger charge is -2.35. The SMILES string of the molecule is CC(=O)N1CCN(c2cccc(N=O)c2)CC1. The average Bonchev–Trinajstić information content (AvgIpc) is 2.39. The number of hydrogen-bond donors (Lipinski definition) is 0. The maximum absolute atomic E-state index is 11.2. The van der Waals surface area contributed by atoms with Crippen LogP contribution in [0.3, 0.4) is 0 Å². The Bertz CT molecular complexity index is 426. The number of benzene rings is 1. The van der Waals surface area contributed by atoms with E-state index in [1.165, 1.54) is 0 Å². The summed E-state index contributed by atoms with van der Waals surface area (Å²) in [6, 6.07) is 7.24. The third-order valence-electron chi connectivity index (χ3n) is 3.03. The quantitative estimate of drug-likeness (QED) is 0.731. The summed E-state index contributed by atoms with van der Waals surface area (Å²) in [6.45, 7) is 4.64. The van der Waals surface area contributed by atoms with Crippen molar-refractivity contribution in [2.45, 2.75) is 6.92 Å². The fraction of sp³-hybridized carbons (Fsp3) is 0.417. The molecule has 0 radical (unpaired) electrons. The summed E-state index contributed by atoms with van der Waals surface area (Å²) < 4.78 is 0. The first-order valence-electron chi connectivity index (χ1n) is 5.64. The van der Waals surface area contributed by atoms with Crippen molar-refractivity contribution in [3.63, 3.8) is 0 Å². The minimum Gasteiger partial charge on any atom is -0.368 e. The third kappa shape index (κ3) is 2.61. The van der Waals surface area contributed by atoms with Crippen LogP contribution in [-0.2, 0) is 4.79 Å². The normalized spacial score (nSPS) is 15.8. The molecule has 0 spiro atoms. The van der Waals surface area contributed by atoms with Crippen molar-refractivity contribution in [3.8, 4) is 0 Å². The van der Waals surface area contributed by atoms with Crippen LogP contribution < -0.4 is 4.90 Å². The van der Waals surface area contributed by atoms with Gasteiger partial charge in [0.1, 0.15) is 5.69 Å². The molecular formula is C12H15N3O2. The molecule has 1 aromatic carbocycles. The summed E-state index contributed by atoms with van der Waals surface area (Å²) in [6.07, 6.45) is 0. The number of amides is 1. The zero-order valence-electron chi connectivity index (χ0n) is 9.80. The van der Waals surface area contributed by atoms with Gasteiger partial charge in [-0.25, -0.2) is 0 Å². The molecule has 0 unspecified atom stereocenters. The summed E-state index contributed by atoms with van der Waals surface area (Å²) in [5, 5.41) is 2.93. The van der Waals surface area contributed by atoms with Crippen LogP contribution in [0.25, 0.3) is 0 Å². The van der Waals surface area contributed by atoms with Gasteiger partial charge in [0.05, 0.1) is 0 Å². The van der Waals surface area contributed by atoms with Crippen LogP contribution in [0, 0.1) is 4.91 Å². The second kappa shape index (κ2) is 4.95. The molecule has 0 bridgehead atoms. The van der Waals surface area contributed by atoms with E-state index in [4.69, 9.17) is 0 Å². The molecule has 1 saturated heterocycles. The van der Waals surface area contributed by atoms with Gasteiger partial charge in [-0.3, -0.25) is 4.79 Å². The van der Waals surface area contributed by atoms with Crippen LogP contribution in [0.1, 0.15) is 6.92 Å². The van der Waals surface area contributed by atoms with Crippen LogP contribution in [0.15, 0.2) is 29.4 Å². The number of anilines is 1. The van der Waals surface area contributed by atoms with Crippen molar-refractivity contribution < 1.29 is 4.79 Å². The summed E-state index contributed by atoms with van der Waals surface area (Å²) in [7, 11) is 0. The summed E-state index contributed by atoms with van der Waals surface area (Å²) in [5.74, 6) is 0.118. The highest BCUT2D eigenvalue weighted by atomic mass is 16.3. The minimum atomic E-state index is 0.118. The molecule has 1 amide bonds. The van der Waals surface area contributed by atoms with E-state index in [0.29, 0.717) is 5.69 Å². The first kappa shape index (κ1) is 11.6. The van der Waals surface area contributed by atoms with Crippen molar-refractivity contribution >= 4 is 17.3 Å². The molecule has 2 rings (SSSR count). The van der Waals surface area contributed by atoms with E-state index in [0.717, 1.165) is 31.9 Å². The number of hydrogen-bond acceptors (Lipinski definition) is 4. The Balaban J connectivity index is 2.04. The second-order valence-electron chi connectivity index (χ2n) is 4.10. The van der Waals surface area contributed by atoms with E-state index in [1.54, 1.807) is 19.1 Å². The highest BCUT2D eigenvalue weighted by molar-refractivity contribution is 5.73. The monoisotopic (exact) mass is 233 g/mol. The maximum Gasteiger partial charge on any atom is 0.219 e. The molecule has 0 aromatic heterocycles. The Kier molecular flexibility index (Phi) is 3.37. The zero-order chi connectivity index (χ0) is 12.3. The molecule has 1 aromatic rings. The van der Waals surface area contributed by atoms with E-state index >= 15 is 0 Å². The van der Waals surface area contributed by atoms with Gasteiger partial charge in [-0.05, 0) is 23.4 Å². The lowest BCUT2D eigenvalue weighted by molar-refractivity contribution is -0.129. The van der Waals surface area contributed by atoms with Crippen LogP contribution in [0.2, 0.25) is 0 Å². The van der Waals surface area contributed by atoms with Crippen molar-refractivity contribution in [1.82, 2.24) is 4.90 Å². The Hall–Kier alpha value is -1.91. The molecule has 5 heteroatoms. The van der Waals surface area contributed by atoms with Gasteiger partial charge >= 0.3 is 0 Å². The van der Waals surface area contributed by atoms with E-state index in [-0.39, 0.29) is 5.91 Å². The maximum atomic E-state index is 11.2.